The molecule has 1 aromatic carbocycles. The van der Waals surface area contributed by atoms with Gasteiger partial charge < -0.3 is 9.47 Å². The zero-order valence-electron chi connectivity index (χ0n) is 15.8. The molecule has 3 nitrogen and oxygen atoms in total. The molecular weight excluding hydrogens is 298 g/mol. The van der Waals surface area contributed by atoms with Gasteiger partial charge in [-0.3, -0.25) is 0 Å². The van der Waals surface area contributed by atoms with Crippen LogP contribution in [0.3, 0.4) is 0 Å². The molecule has 0 saturated carbocycles. The van der Waals surface area contributed by atoms with E-state index in [4.69, 9.17) is 9.47 Å². The first-order valence-electron chi connectivity index (χ1n) is 8.79. The smallest absolute Gasteiger partial charge is 0.226 e. The molecule has 0 N–H and O–H groups in total. The fourth-order valence-electron chi connectivity index (χ4n) is 2.89. The maximum atomic E-state index is 6.18. The Morgan fingerprint density at radius 2 is 1.58 bits per heavy atom. The second kappa shape index (κ2) is 8.18. The van der Waals surface area contributed by atoms with Crippen molar-refractivity contribution in [2.24, 2.45) is 0 Å². The first kappa shape index (κ1) is 18.3. The van der Waals surface area contributed by atoms with E-state index >= 15 is 0 Å². The van der Waals surface area contributed by atoms with Crippen molar-refractivity contribution in [1.82, 2.24) is 4.98 Å². The molecule has 2 rings (SSSR count). The van der Waals surface area contributed by atoms with Gasteiger partial charge in [0.1, 0.15) is 11.5 Å². The van der Waals surface area contributed by atoms with Gasteiger partial charge >= 0.3 is 0 Å². The number of hydrogen-bond acceptors (Lipinski definition) is 3. The van der Waals surface area contributed by atoms with E-state index in [-0.39, 0.29) is 0 Å². The minimum absolute atomic E-state index is 0.635. The van der Waals surface area contributed by atoms with Crippen molar-refractivity contribution in [1.29, 1.82) is 0 Å². The molecule has 130 valence electrons. The van der Waals surface area contributed by atoms with Gasteiger partial charge in [0.15, 0.2) is 0 Å². The predicted molar refractivity (Wildman–Crippen MR) is 99.5 cm³/mol. The predicted octanol–water partition coefficient (Wildman–Crippen LogP) is 5.99. The monoisotopic (exact) mass is 327 g/mol. The van der Waals surface area contributed by atoms with Crippen molar-refractivity contribution in [3.63, 3.8) is 0 Å². The van der Waals surface area contributed by atoms with Crippen LogP contribution in [0.15, 0.2) is 18.2 Å². The topological polar surface area (TPSA) is 31.4 Å². The molecule has 0 aliphatic rings. The molecule has 0 radical (unpaired) electrons. The summed E-state index contributed by atoms with van der Waals surface area (Å²) in [5.74, 6) is 2.39. The van der Waals surface area contributed by atoms with Crippen LogP contribution in [0.2, 0.25) is 0 Å². The highest BCUT2D eigenvalue weighted by molar-refractivity contribution is 5.48. The Labute approximate surface area is 146 Å². The van der Waals surface area contributed by atoms with Crippen molar-refractivity contribution in [2.75, 3.05) is 6.61 Å². The SMILES string of the molecule is CCCCCOc1cc(C)nc(Oc2c(C)cc(C)cc2C)c1C. The quantitative estimate of drug-likeness (QED) is 0.586. The molecule has 0 bridgehead atoms. The summed E-state index contributed by atoms with van der Waals surface area (Å²) in [6, 6.07) is 6.26. The third-order valence-corrected chi connectivity index (χ3v) is 4.12. The number of rotatable bonds is 7. The summed E-state index contributed by atoms with van der Waals surface area (Å²) in [5.41, 5.74) is 5.35. The standard InChI is InChI=1S/C21H29NO2/c1-7-8-9-10-23-19-13-17(5)22-21(18(19)6)24-20-15(3)11-14(2)12-16(20)4/h11-13H,7-10H2,1-6H3. The largest absolute Gasteiger partial charge is 0.493 e. The fourth-order valence-corrected chi connectivity index (χ4v) is 2.89. The van der Waals surface area contributed by atoms with Crippen molar-refractivity contribution < 1.29 is 9.47 Å². The highest BCUT2D eigenvalue weighted by Crippen LogP contribution is 2.34. The Bertz CT molecular complexity index is 684. The van der Waals surface area contributed by atoms with E-state index in [1.807, 2.05) is 19.9 Å². The van der Waals surface area contributed by atoms with E-state index in [0.29, 0.717) is 5.88 Å². The number of unbranched alkanes of at least 4 members (excludes halogenated alkanes) is 2. The van der Waals surface area contributed by atoms with Crippen LogP contribution in [0.5, 0.6) is 17.4 Å². The summed E-state index contributed by atoms with van der Waals surface area (Å²) in [6.07, 6.45) is 3.45. The second-order valence-corrected chi connectivity index (χ2v) is 6.58. The van der Waals surface area contributed by atoms with Gasteiger partial charge in [-0.2, -0.15) is 0 Å². The Balaban J connectivity index is 2.26. The molecular formula is C21H29NO2. The van der Waals surface area contributed by atoms with Crippen LogP contribution in [-0.2, 0) is 0 Å². The Kier molecular flexibility index (Phi) is 6.24. The molecule has 0 saturated heterocycles. The molecule has 0 unspecified atom stereocenters. The Hall–Kier alpha value is -2.03. The number of hydrogen-bond donors (Lipinski definition) is 0. The number of aromatic nitrogens is 1. The van der Waals surface area contributed by atoms with E-state index < -0.39 is 0 Å². The first-order valence-corrected chi connectivity index (χ1v) is 8.79. The lowest BCUT2D eigenvalue weighted by Crippen LogP contribution is -2.03. The summed E-state index contributed by atoms with van der Waals surface area (Å²) < 4.78 is 12.1. The number of nitrogens with zero attached hydrogens (tertiary/aromatic N) is 1. The lowest BCUT2D eigenvalue weighted by molar-refractivity contribution is 0.301. The lowest BCUT2D eigenvalue weighted by Gasteiger charge is -2.16. The van der Waals surface area contributed by atoms with Gasteiger partial charge in [0, 0.05) is 11.8 Å². The number of pyridine rings is 1. The number of aryl methyl sites for hydroxylation is 4. The van der Waals surface area contributed by atoms with Crippen molar-refractivity contribution in [2.45, 2.75) is 60.8 Å². The molecule has 24 heavy (non-hydrogen) atoms. The van der Waals surface area contributed by atoms with Crippen molar-refractivity contribution >= 4 is 0 Å². The van der Waals surface area contributed by atoms with Gasteiger partial charge in [-0.05, 0) is 52.2 Å². The van der Waals surface area contributed by atoms with E-state index in [1.165, 1.54) is 18.4 Å². The van der Waals surface area contributed by atoms with E-state index in [2.05, 4.69) is 44.8 Å². The number of ether oxygens (including phenoxy) is 2. The van der Waals surface area contributed by atoms with E-state index in [9.17, 15) is 0 Å². The van der Waals surface area contributed by atoms with Crippen LogP contribution >= 0.6 is 0 Å². The van der Waals surface area contributed by atoms with Crippen LogP contribution in [0, 0.1) is 34.6 Å². The summed E-state index contributed by atoms with van der Waals surface area (Å²) in [4.78, 5) is 4.58. The minimum atomic E-state index is 0.635. The molecule has 0 aliphatic heterocycles. The van der Waals surface area contributed by atoms with Gasteiger partial charge in [0.05, 0.1) is 12.2 Å². The zero-order chi connectivity index (χ0) is 17.7. The average Bonchev–Trinajstić information content (AvgIpc) is 2.51. The van der Waals surface area contributed by atoms with Gasteiger partial charge in [0.2, 0.25) is 5.88 Å². The third-order valence-electron chi connectivity index (χ3n) is 4.12. The highest BCUT2D eigenvalue weighted by Gasteiger charge is 2.14. The van der Waals surface area contributed by atoms with Crippen LogP contribution in [0.1, 0.15) is 54.1 Å². The van der Waals surface area contributed by atoms with Crippen LogP contribution in [0.25, 0.3) is 0 Å². The van der Waals surface area contributed by atoms with E-state index in [1.54, 1.807) is 0 Å². The minimum Gasteiger partial charge on any atom is -0.493 e. The lowest BCUT2D eigenvalue weighted by atomic mass is 10.1. The summed E-state index contributed by atoms with van der Waals surface area (Å²) in [6.45, 7) is 13.2. The molecule has 1 heterocycles. The second-order valence-electron chi connectivity index (χ2n) is 6.58. The molecule has 3 heteroatoms. The molecule has 0 spiro atoms. The van der Waals surface area contributed by atoms with Gasteiger partial charge in [0.25, 0.3) is 0 Å². The van der Waals surface area contributed by atoms with E-state index in [0.717, 1.165) is 46.9 Å². The fraction of sp³-hybridized carbons (Fsp3) is 0.476. The molecule has 0 amide bonds. The number of benzene rings is 1. The van der Waals surface area contributed by atoms with Crippen LogP contribution in [0.4, 0.5) is 0 Å². The normalized spacial score (nSPS) is 10.8. The maximum absolute atomic E-state index is 6.18. The Morgan fingerprint density at radius 3 is 2.21 bits per heavy atom. The summed E-state index contributed by atoms with van der Waals surface area (Å²) in [5, 5.41) is 0. The van der Waals surface area contributed by atoms with Gasteiger partial charge in [-0.15, -0.1) is 0 Å². The van der Waals surface area contributed by atoms with Gasteiger partial charge in [-0.1, -0.05) is 37.5 Å². The average molecular weight is 327 g/mol. The summed E-state index contributed by atoms with van der Waals surface area (Å²) >= 11 is 0. The molecule has 0 fully saturated rings. The summed E-state index contributed by atoms with van der Waals surface area (Å²) in [7, 11) is 0. The molecule has 0 atom stereocenters. The molecule has 0 aliphatic carbocycles. The van der Waals surface area contributed by atoms with Crippen LogP contribution in [-0.4, -0.2) is 11.6 Å². The van der Waals surface area contributed by atoms with Crippen LogP contribution < -0.4 is 9.47 Å². The third kappa shape index (κ3) is 4.50. The Morgan fingerprint density at radius 1 is 0.917 bits per heavy atom. The maximum Gasteiger partial charge on any atom is 0.226 e. The first-order chi connectivity index (χ1) is 11.4. The van der Waals surface area contributed by atoms with Crippen molar-refractivity contribution in [3.05, 3.63) is 46.1 Å². The van der Waals surface area contributed by atoms with Crippen molar-refractivity contribution in [3.8, 4) is 17.4 Å². The van der Waals surface area contributed by atoms with Gasteiger partial charge in [-0.25, -0.2) is 4.98 Å². The highest BCUT2D eigenvalue weighted by atomic mass is 16.5. The molecule has 2 aromatic rings. The molecule has 1 aromatic heterocycles. The zero-order valence-corrected chi connectivity index (χ0v) is 15.8.